The Kier molecular flexibility index (Phi) is 4.80. The maximum atomic E-state index is 11.0. The van der Waals surface area contributed by atoms with Crippen molar-refractivity contribution in [1.29, 1.82) is 0 Å². The lowest BCUT2D eigenvalue weighted by atomic mass is 10.0. The fraction of sp³-hybridized carbons (Fsp3) is 0.438. The zero-order chi connectivity index (χ0) is 15.4. The molecule has 0 spiro atoms. The van der Waals surface area contributed by atoms with Gasteiger partial charge in [0.15, 0.2) is 0 Å². The third-order valence-electron chi connectivity index (χ3n) is 3.95. The highest BCUT2D eigenvalue weighted by Gasteiger charge is 2.26. The first-order valence-electron chi connectivity index (χ1n) is 7.53. The Labute approximate surface area is 134 Å². The first kappa shape index (κ1) is 15.1. The Morgan fingerprint density at radius 3 is 3.23 bits per heavy atom. The van der Waals surface area contributed by atoms with Crippen LogP contribution in [0.25, 0.3) is 0 Å². The van der Waals surface area contributed by atoms with Gasteiger partial charge in [0.1, 0.15) is 0 Å². The fourth-order valence-electron chi connectivity index (χ4n) is 2.93. The summed E-state index contributed by atoms with van der Waals surface area (Å²) in [7, 11) is 0. The van der Waals surface area contributed by atoms with E-state index in [1.807, 2.05) is 17.9 Å². The van der Waals surface area contributed by atoms with E-state index in [1.165, 1.54) is 30.2 Å². The lowest BCUT2D eigenvalue weighted by molar-refractivity contribution is -0.119. The molecule has 1 aliphatic rings. The van der Waals surface area contributed by atoms with E-state index in [9.17, 15) is 4.79 Å². The molecule has 2 aromatic rings. The minimum atomic E-state index is -0.0279. The van der Waals surface area contributed by atoms with Gasteiger partial charge in [0, 0.05) is 36.8 Å². The number of carbonyl (C=O) groups is 1. The Morgan fingerprint density at radius 2 is 2.45 bits per heavy atom. The van der Waals surface area contributed by atoms with Gasteiger partial charge in [-0.3, -0.25) is 19.7 Å². The van der Waals surface area contributed by atoms with Gasteiger partial charge in [0.05, 0.1) is 17.7 Å². The number of rotatable bonds is 5. The van der Waals surface area contributed by atoms with Crippen LogP contribution in [0.3, 0.4) is 0 Å². The third kappa shape index (κ3) is 3.69. The lowest BCUT2D eigenvalue weighted by Crippen LogP contribution is -2.23. The van der Waals surface area contributed by atoms with Crippen LogP contribution in [0.1, 0.15) is 41.9 Å². The van der Waals surface area contributed by atoms with Gasteiger partial charge in [0.25, 0.3) is 0 Å². The van der Waals surface area contributed by atoms with Crippen molar-refractivity contribution in [2.75, 3.05) is 6.54 Å². The highest BCUT2D eigenvalue weighted by Crippen LogP contribution is 2.33. The summed E-state index contributed by atoms with van der Waals surface area (Å²) in [6.45, 7) is 4.09. The molecule has 1 saturated heterocycles. The minimum absolute atomic E-state index is 0.0279. The monoisotopic (exact) mass is 316 g/mol. The summed E-state index contributed by atoms with van der Waals surface area (Å²) < 4.78 is 0. The topological polar surface area (TPSA) is 58.1 Å². The van der Waals surface area contributed by atoms with Gasteiger partial charge in [-0.1, -0.05) is 0 Å². The largest absolute Gasteiger partial charge is 0.351 e. The maximum Gasteiger partial charge on any atom is 0.217 e. The lowest BCUT2D eigenvalue weighted by Gasteiger charge is -2.24. The van der Waals surface area contributed by atoms with Crippen molar-refractivity contribution in [1.82, 2.24) is 20.2 Å². The second kappa shape index (κ2) is 6.98. The van der Waals surface area contributed by atoms with Crippen LogP contribution in [0.4, 0.5) is 0 Å². The summed E-state index contributed by atoms with van der Waals surface area (Å²) in [5.74, 6) is -0.0279. The van der Waals surface area contributed by atoms with E-state index in [4.69, 9.17) is 0 Å². The summed E-state index contributed by atoms with van der Waals surface area (Å²) in [4.78, 5) is 23.3. The molecular weight excluding hydrogens is 296 g/mol. The number of aromatic nitrogens is 2. The minimum Gasteiger partial charge on any atom is -0.351 e. The van der Waals surface area contributed by atoms with E-state index < -0.39 is 0 Å². The highest BCUT2D eigenvalue weighted by atomic mass is 32.1. The second-order valence-electron chi connectivity index (χ2n) is 5.59. The number of likely N-dealkylation sites (tertiary alicyclic amines) is 1. The van der Waals surface area contributed by atoms with Crippen molar-refractivity contribution in [3.8, 4) is 0 Å². The Morgan fingerprint density at radius 1 is 1.55 bits per heavy atom. The van der Waals surface area contributed by atoms with Crippen LogP contribution in [-0.4, -0.2) is 27.3 Å². The number of pyridine rings is 1. The van der Waals surface area contributed by atoms with E-state index in [1.54, 1.807) is 11.3 Å². The molecule has 0 radical (unpaired) electrons. The average molecular weight is 316 g/mol. The number of carbonyl (C=O) groups excluding carboxylic acids is 1. The number of hydrogen-bond donors (Lipinski definition) is 1. The van der Waals surface area contributed by atoms with Gasteiger partial charge in [-0.15, -0.1) is 11.3 Å². The van der Waals surface area contributed by atoms with Crippen molar-refractivity contribution < 1.29 is 4.79 Å². The van der Waals surface area contributed by atoms with Gasteiger partial charge >= 0.3 is 0 Å². The molecule has 3 heterocycles. The summed E-state index contributed by atoms with van der Waals surface area (Å²) in [5.41, 5.74) is 4.09. The number of nitrogens with zero attached hydrogens (tertiary/aromatic N) is 3. The smallest absolute Gasteiger partial charge is 0.217 e. The normalized spacial score (nSPS) is 18.5. The van der Waals surface area contributed by atoms with Crippen molar-refractivity contribution in [2.24, 2.45) is 0 Å². The number of thiazole rings is 1. The Bertz CT molecular complexity index is 629. The Balaban J connectivity index is 1.71. The van der Waals surface area contributed by atoms with Gasteiger partial charge in [-0.05, 0) is 37.1 Å². The van der Waals surface area contributed by atoms with Crippen LogP contribution in [0.15, 0.2) is 30.0 Å². The third-order valence-corrected chi connectivity index (χ3v) is 4.71. The molecule has 3 rings (SSSR count). The van der Waals surface area contributed by atoms with Crippen LogP contribution in [0.5, 0.6) is 0 Å². The molecule has 1 aliphatic heterocycles. The van der Waals surface area contributed by atoms with Crippen LogP contribution in [-0.2, 0) is 17.9 Å². The van der Waals surface area contributed by atoms with E-state index in [0.29, 0.717) is 12.6 Å². The molecule has 0 aromatic carbocycles. The molecule has 116 valence electrons. The van der Waals surface area contributed by atoms with Crippen LogP contribution in [0.2, 0.25) is 0 Å². The van der Waals surface area contributed by atoms with E-state index >= 15 is 0 Å². The molecule has 1 N–H and O–H groups in total. The molecule has 5 nitrogen and oxygen atoms in total. The van der Waals surface area contributed by atoms with Crippen LogP contribution < -0.4 is 5.32 Å². The summed E-state index contributed by atoms with van der Waals surface area (Å²) in [6, 6.07) is 4.64. The molecule has 1 atom stereocenters. The van der Waals surface area contributed by atoms with Gasteiger partial charge in [0.2, 0.25) is 5.91 Å². The molecule has 6 heteroatoms. The maximum absolute atomic E-state index is 11.0. The molecule has 0 unspecified atom stereocenters. The molecule has 0 bridgehead atoms. The summed E-state index contributed by atoms with van der Waals surface area (Å²) >= 11 is 1.71. The summed E-state index contributed by atoms with van der Waals surface area (Å²) in [6.07, 6.45) is 6.18. The average Bonchev–Trinajstić information content (AvgIpc) is 3.18. The molecule has 2 aromatic heterocycles. The van der Waals surface area contributed by atoms with Crippen LogP contribution >= 0.6 is 11.3 Å². The van der Waals surface area contributed by atoms with Gasteiger partial charge in [-0.25, -0.2) is 0 Å². The molecular formula is C16H20N4OS. The molecule has 0 saturated carbocycles. The SMILES string of the molecule is CC(=O)NCc1cc([C@H]2CCCN2Cc2cncs2)ccn1. The van der Waals surface area contributed by atoms with Gasteiger partial charge in [-0.2, -0.15) is 0 Å². The van der Waals surface area contributed by atoms with Crippen molar-refractivity contribution in [3.05, 3.63) is 46.2 Å². The van der Waals surface area contributed by atoms with Crippen molar-refractivity contribution in [3.63, 3.8) is 0 Å². The first-order valence-corrected chi connectivity index (χ1v) is 8.41. The van der Waals surface area contributed by atoms with E-state index in [0.717, 1.165) is 18.8 Å². The predicted octanol–water partition coefficient (Wildman–Crippen LogP) is 2.51. The number of nitrogens with one attached hydrogen (secondary N) is 1. The fourth-order valence-corrected chi connectivity index (χ4v) is 3.55. The highest BCUT2D eigenvalue weighted by molar-refractivity contribution is 7.09. The molecule has 0 aliphatic carbocycles. The predicted molar refractivity (Wildman–Crippen MR) is 86.3 cm³/mol. The molecule has 22 heavy (non-hydrogen) atoms. The summed E-state index contributed by atoms with van der Waals surface area (Å²) in [5, 5.41) is 2.81. The second-order valence-corrected chi connectivity index (χ2v) is 6.56. The Hall–Kier alpha value is -1.79. The van der Waals surface area contributed by atoms with Crippen molar-refractivity contribution in [2.45, 2.75) is 38.9 Å². The van der Waals surface area contributed by atoms with Crippen LogP contribution in [0, 0.1) is 0 Å². The number of hydrogen-bond acceptors (Lipinski definition) is 5. The zero-order valence-corrected chi connectivity index (χ0v) is 13.5. The van der Waals surface area contributed by atoms with Crippen molar-refractivity contribution >= 4 is 17.2 Å². The first-order chi connectivity index (χ1) is 10.7. The van der Waals surface area contributed by atoms with Gasteiger partial charge < -0.3 is 5.32 Å². The molecule has 1 fully saturated rings. The quantitative estimate of drug-likeness (QED) is 0.921. The zero-order valence-electron chi connectivity index (χ0n) is 12.7. The van der Waals surface area contributed by atoms with E-state index in [2.05, 4.69) is 32.3 Å². The standard InChI is InChI=1S/C16H20N4OS/c1-12(21)19-8-14-7-13(4-5-18-14)16-3-2-6-20(16)10-15-9-17-11-22-15/h4-5,7,9,11,16H,2-3,6,8,10H2,1H3,(H,19,21)/t16-/m1/s1. The van der Waals surface area contributed by atoms with E-state index in [-0.39, 0.29) is 5.91 Å². The molecule has 1 amide bonds. The number of amides is 1.